The monoisotopic (exact) mass is 309 g/mol. The number of rotatable bonds is 8. The van der Waals surface area contributed by atoms with Gasteiger partial charge in [0.15, 0.2) is 11.5 Å². The highest BCUT2D eigenvalue weighted by Crippen LogP contribution is 2.32. The number of carbonyl (C=O) groups is 2. The molecule has 0 atom stereocenters. The van der Waals surface area contributed by atoms with E-state index in [1.165, 1.54) is 20.1 Å². The first kappa shape index (κ1) is 17.5. The average Bonchev–Trinajstić information content (AvgIpc) is 2.47. The zero-order valence-corrected chi connectivity index (χ0v) is 12.7. The zero-order chi connectivity index (χ0) is 16.5. The summed E-state index contributed by atoms with van der Waals surface area (Å²) in [6.45, 7) is 1.89. The summed E-state index contributed by atoms with van der Waals surface area (Å²) in [6, 6.07) is 5.05. The first-order valence-electron chi connectivity index (χ1n) is 6.51. The summed E-state index contributed by atoms with van der Waals surface area (Å²) in [5, 5.41) is 11.4. The number of carboxylic acids is 1. The standard InChI is InChI=1S/C15H19NO6/c1-10(17)16-12(15(18)19)9-11-5-4-6-13(21-3)14(11)22-8-7-20-2/h4-6,9H,7-8H2,1-3H3,(H,16,17)(H,18,19)/b12-9-. The topological polar surface area (TPSA) is 94.1 Å². The molecular formula is C15H19NO6. The van der Waals surface area contributed by atoms with Crippen molar-refractivity contribution in [2.24, 2.45) is 0 Å². The summed E-state index contributed by atoms with van der Waals surface area (Å²) in [5.41, 5.74) is 0.221. The van der Waals surface area contributed by atoms with Crippen molar-refractivity contribution in [3.8, 4) is 11.5 Å². The van der Waals surface area contributed by atoms with E-state index in [0.29, 0.717) is 23.7 Å². The smallest absolute Gasteiger partial charge is 0.352 e. The Morgan fingerprint density at radius 1 is 1.27 bits per heavy atom. The van der Waals surface area contributed by atoms with Gasteiger partial charge in [0, 0.05) is 19.6 Å². The van der Waals surface area contributed by atoms with Gasteiger partial charge in [-0.3, -0.25) is 4.79 Å². The second kappa shape index (κ2) is 8.68. The third kappa shape index (κ3) is 5.10. The number of ether oxygens (including phenoxy) is 3. The maximum Gasteiger partial charge on any atom is 0.352 e. The number of aliphatic carboxylic acids is 1. The highest BCUT2D eigenvalue weighted by Gasteiger charge is 2.14. The van der Waals surface area contributed by atoms with Gasteiger partial charge in [0.1, 0.15) is 12.3 Å². The number of nitrogens with one attached hydrogen (secondary N) is 1. The van der Waals surface area contributed by atoms with E-state index in [-0.39, 0.29) is 12.3 Å². The molecule has 0 fully saturated rings. The molecule has 0 saturated heterocycles. The average molecular weight is 309 g/mol. The van der Waals surface area contributed by atoms with Gasteiger partial charge >= 0.3 is 5.97 Å². The Morgan fingerprint density at radius 3 is 2.55 bits per heavy atom. The Labute approximate surface area is 128 Å². The molecule has 0 heterocycles. The molecular weight excluding hydrogens is 290 g/mol. The molecule has 1 aromatic rings. The van der Waals surface area contributed by atoms with Crippen molar-refractivity contribution in [2.45, 2.75) is 6.92 Å². The van der Waals surface area contributed by atoms with Gasteiger partial charge in [0.2, 0.25) is 5.91 Å². The number of para-hydroxylation sites is 1. The number of methoxy groups -OCH3 is 2. The van der Waals surface area contributed by atoms with Crippen molar-refractivity contribution in [3.05, 3.63) is 29.5 Å². The molecule has 1 rings (SSSR count). The minimum atomic E-state index is -1.25. The van der Waals surface area contributed by atoms with Gasteiger partial charge in [-0.1, -0.05) is 12.1 Å². The van der Waals surface area contributed by atoms with Gasteiger partial charge < -0.3 is 24.6 Å². The molecule has 1 amide bonds. The molecule has 0 radical (unpaired) electrons. The van der Waals surface area contributed by atoms with Gasteiger partial charge in [-0.05, 0) is 12.1 Å². The molecule has 0 aromatic heterocycles. The van der Waals surface area contributed by atoms with Crippen molar-refractivity contribution in [1.82, 2.24) is 5.32 Å². The van der Waals surface area contributed by atoms with E-state index in [1.807, 2.05) is 0 Å². The predicted molar refractivity (Wildman–Crippen MR) is 79.8 cm³/mol. The van der Waals surface area contributed by atoms with Gasteiger partial charge in [-0.2, -0.15) is 0 Å². The van der Waals surface area contributed by atoms with Crippen LogP contribution < -0.4 is 14.8 Å². The maximum absolute atomic E-state index is 11.2. The summed E-state index contributed by atoms with van der Waals surface area (Å²) >= 11 is 0. The molecule has 1 aromatic carbocycles. The Kier molecular flexibility index (Phi) is 6.91. The second-order valence-corrected chi connectivity index (χ2v) is 4.26. The fraction of sp³-hybridized carbons (Fsp3) is 0.333. The lowest BCUT2D eigenvalue weighted by atomic mass is 10.1. The van der Waals surface area contributed by atoms with Crippen LogP contribution in [0.15, 0.2) is 23.9 Å². The number of benzene rings is 1. The first-order chi connectivity index (χ1) is 10.5. The number of hydrogen-bond donors (Lipinski definition) is 2. The van der Waals surface area contributed by atoms with Crippen LogP contribution in [0, 0.1) is 0 Å². The molecule has 0 spiro atoms. The number of hydrogen-bond acceptors (Lipinski definition) is 5. The molecule has 7 nitrogen and oxygen atoms in total. The van der Waals surface area contributed by atoms with Crippen molar-refractivity contribution in [1.29, 1.82) is 0 Å². The molecule has 0 aliphatic rings. The first-order valence-corrected chi connectivity index (χ1v) is 6.51. The summed E-state index contributed by atoms with van der Waals surface area (Å²) in [4.78, 5) is 22.3. The Hall–Kier alpha value is -2.54. The van der Waals surface area contributed by atoms with Crippen LogP contribution in [-0.4, -0.2) is 44.4 Å². The molecule has 0 aliphatic heterocycles. The van der Waals surface area contributed by atoms with Crippen molar-refractivity contribution in [3.63, 3.8) is 0 Å². The van der Waals surface area contributed by atoms with Crippen LogP contribution in [0.3, 0.4) is 0 Å². The van der Waals surface area contributed by atoms with Gasteiger partial charge in [0.05, 0.1) is 13.7 Å². The van der Waals surface area contributed by atoms with Crippen LogP contribution in [0.25, 0.3) is 6.08 Å². The number of carbonyl (C=O) groups excluding carboxylic acids is 1. The fourth-order valence-corrected chi connectivity index (χ4v) is 1.69. The maximum atomic E-state index is 11.2. The summed E-state index contributed by atoms with van der Waals surface area (Å²) < 4.78 is 15.7. The number of carboxylic acid groups (broad SMARTS) is 1. The SMILES string of the molecule is COCCOc1c(/C=C(\NC(C)=O)C(=O)O)cccc1OC. The summed E-state index contributed by atoms with van der Waals surface area (Å²) in [6.07, 6.45) is 1.31. The Bertz CT molecular complexity index is 567. The van der Waals surface area contributed by atoms with Crippen molar-refractivity contribution >= 4 is 18.0 Å². The molecule has 2 N–H and O–H groups in total. The lowest BCUT2D eigenvalue weighted by molar-refractivity contribution is -0.134. The van der Waals surface area contributed by atoms with Crippen LogP contribution in [0.4, 0.5) is 0 Å². The lowest BCUT2D eigenvalue weighted by Gasteiger charge is -2.13. The Morgan fingerprint density at radius 2 is 2.00 bits per heavy atom. The fourth-order valence-electron chi connectivity index (χ4n) is 1.69. The number of amides is 1. The van der Waals surface area contributed by atoms with E-state index in [4.69, 9.17) is 19.3 Å². The Balaban J connectivity index is 3.20. The molecule has 0 aliphatic carbocycles. The minimum Gasteiger partial charge on any atom is -0.493 e. The third-order valence-corrected chi connectivity index (χ3v) is 2.60. The lowest BCUT2D eigenvalue weighted by Crippen LogP contribution is -2.24. The summed E-state index contributed by atoms with van der Waals surface area (Å²) in [7, 11) is 3.03. The van der Waals surface area contributed by atoms with E-state index < -0.39 is 11.9 Å². The highest BCUT2D eigenvalue weighted by atomic mass is 16.5. The van der Waals surface area contributed by atoms with E-state index >= 15 is 0 Å². The molecule has 120 valence electrons. The van der Waals surface area contributed by atoms with Gasteiger partial charge in [-0.15, -0.1) is 0 Å². The largest absolute Gasteiger partial charge is 0.493 e. The van der Waals surface area contributed by atoms with Crippen LogP contribution >= 0.6 is 0 Å². The second-order valence-electron chi connectivity index (χ2n) is 4.26. The third-order valence-electron chi connectivity index (χ3n) is 2.60. The summed E-state index contributed by atoms with van der Waals surface area (Å²) in [5.74, 6) is -0.886. The molecule has 22 heavy (non-hydrogen) atoms. The van der Waals surface area contributed by atoms with Crippen LogP contribution in [-0.2, 0) is 14.3 Å². The van der Waals surface area contributed by atoms with Gasteiger partial charge in [0.25, 0.3) is 0 Å². The van der Waals surface area contributed by atoms with Crippen molar-refractivity contribution in [2.75, 3.05) is 27.4 Å². The molecule has 0 saturated carbocycles. The molecule has 0 unspecified atom stereocenters. The quantitative estimate of drug-likeness (QED) is 0.555. The van der Waals surface area contributed by atoms with E-state index in [9.17, 15) is 9.59 Å². The predicted octanol–water partition coefficient (Wildman–Crippen LogP) is 1.28. The van der Waals surface area contributed by atoms with Crippen LogP contribution in [0.2, 0.25) is 0 Å². The van der Waals surface area contributed by atoms with Crippen LogP contribution in [0.5, 0.6) is 11.5 Å². The zero-order valence-electron chi connectivity index (χ0n) is 12.7. The van der Waals surface area contributed by atoms with Crippen molar-refractivity contribution < 1.29 is 28.9 Å². The molecule has 7 heteroatoms. The highest BCUT2D eigenvalue weighted by molar-refractivity contribution is 5.96. The van der Waals surface area contributed by atoms with Crippen LogP contribution in [0.1, 0.15) is 12.5 Å². The van der Waals surface area contributed by atoms with Gasteiger partial charge in [-0.25, -0.2) is 4.79 Å². The van der Waals surface area contributed by atoms with E-state index in [1.54, 1.807) is 25.3 Å². The normalized spacial score (nSPS) is 11.0. The van der Waals surface area contributed by atoms with E-state index in [0.717, 1.165) is 0 Å². The minimum absolute atomic E-state index is 0.252. The van der Waals surface area contributed by atoms with E-state index in [2.05, 4.69) is 5.32 Å². The molecule has 0 bridgehead atoms.